The summed E-state index contributed by atoms with van der Waals surface area (Å²) in [5, 5.41) is 8.34. The lowest BCUT2D eigenvalue weighted by Crippen LogP contribution is -2.12. The van der Waals surface area contributed by atoms with E-state index in [1.807, 2.05) is 0 Å². The number of rotatable bonds is 2. The van der Waals surface area contributed by atoms with Gasteiger partial charge in [-0.2, -0.15) is 5.26 Å². The van der Waals surface area contributed by atoms with Gasteiger partial charge < -0.3 is 11.5 Å². The first-order chi connectivity index (χ1) is 6.56. The average Bonchev–Trinajstić information content (AvgIpc) is 2.11. The molecule has 14 heavy (non-hydrogen) atoms. The van der Waals surface area contributed by atoms with Gasteiger partial charge in [-0.3, -0.25) is 0 Å². The van der Waals surface area contributed by atoms with Crippen molar-refractivity contribution < 1.29 is 8.78 Å². The van der Waals surface area contributed by atoms with Gasteiger partial charge in [-0.1, -0.05) is 0 Å². The van der Waals surface area contributed by atoms with E-state index in [0.717, 1.165) is 12.1 Å². The van der Waals surface area contributed by atoms with Gasteiger partial charge in [0.25, 0.3) is 0 Å². The van der Waals surface area contributed by atoms with Crippen molar-refractivity contribution >= 4 is 5.69 Å². The van der Waals surface area contributed by atoms with Crippen LogP contribution in [0.25, 0.3) is 0 Å². The Morgan fingerprint density at radius 2 is 2.00 bits per heavy atom. The van der Waals surface area contributed by atoms with E-state index in [-0.39, 0.29) is 17.7 Å². The molecule has 5 heteroatoms. The van der Waals surface area contributed by atoms with E-state index in [1.54, 1.807) is 6.07 Å². The first kappa shape index (κ1) is 10.4. The van der Waals surface area contributed by atoms with Crippen molar-refractivity contribution in [2.75, 3.05) is 5.73 Å². The molecule has 3 nitrogen and oxygen atoms in total. The number of benzene rings is 1. The van der Waals surface area contributed by atoms with E-state index >= 15 is 0 Å². The summed E-state index contributed by atoms with van der Waals surface area (Å²) in [6.45, 7) is 0. The molecule has 0 fully saturated rings. The minimum atomic E-state index is -0.824. The van der Waals surface area contributed by atoms with E-state index in [4.69, 9.17) is 16.7 Å². The highest BCUT2D eigenvalue weighted by Gasteiger charge is 2.14. The molecule has 1 aromatic rings. The number of anilines is 1. The number of hydrogen-bond acceptors (Lipinski definition) is 3. The van der Waals surface area contributed by atoms with Gasteiger partial charge in [0.2, 0.25) is 0 Å². The van der Waals surface area contributed by atoms with E-state index in [0.29, 0.717) is 0 Å². The number of halogens is 2. The van der Waals surface area contributed by atoms with Crippen LogP contribution in [-0.2, 0) is 0 Å². The zero-order chi connectivity index (χ0) is 10.7. The molecule has 1 atom stereocenters. The fourth-order valence-electron chi connectivity index (χ4n) is 1.07. The topological polar surface area (TPSA) is 75.8 Å². The first-order valence-electron chi connectivity index (χ1n) is 3.93. The van der Waals surface area contributed by atoms with Crippen LogP contribution in [0.1, 0.15) is 18.0 Å². The smallest absolute Gasteiger partial charge is 0.146 e. The van der Waals surface area contributed by atoms with Gasteiger partial charge in [0.1, 0.15) is 11.6 Å². The Kier molecular flexibility index (Phi) is 2.99. The quantitative estimate of drug-likeness (QED) is 0.704. The number of nitrogens with zero attached hydrogens (tertiary/aromatic N) is 1. The van der Waals surface area contributed by atoms with Crippen molar-refractivity contribution in [3.8, 4) is 6.07 Å². The maximum atomic E-state index is 13.2. The second kappa shape index (κ2) is 4.03. The summed E-state index contributed by atoms with van der Waals surface area (Å²) in [5.74, 6) is -1.42. The minimum Gasteiger partial charge on any atom is -0.396 e. The second-order valence-corrected chi connectivity index (χ2v) is 2.86. The molecule has 0 spiro atoms. The molecule has 0 radical (unpaired) electrons. The normalized spacial score (nSPS) is 12.1. The first-order valence-corrected chi connectivity index (χ1v) is 3.93. The van der Waals surface area contributed by atoms with Crippen LogP contribution in [0, 0.1) is 23.0 Å². The Morgan fingerprint density at radius 3 is 2.57 bits per heavy atom. The number of nitrogen functional groups attached to an aromatic ring is 1. The van der Waals surface area contributed by atoms with Crippen LogP contribution in [0.5, 0.6) is 0 Å². The Bertz CT molecular complexity index is 384. The third kappa shape index (κ3) is 1.98. The maximum absolute atomic E-state index is 13.2. The zero-order valence-corrected chi connectivity index (χ0v) is 7.30. The van der Waals surface area contributed by atoms with Crippen molar-refractivity contribution in [3.63, 3.8) is 0 Å². The van der Waals surface area contributed by atoms with E-state index in [9.17, 15) is 8.78 Å². The van der Waals surface area contributed by atoms with Crippen LogP contribution in [0.3, 0.4) is 0 Å². The second-order valence-electron chi connectivity index (χ2n) is 2.86. The lowest BCUT2D eigenvalue weighted by molar-refractivity contribution is 0.567. The predicted octanol–water partition coefficient (Wildman–Crippen LogP) is 1.46. The molecule has 0 amide bonds. The molecule has 1 aromatic carbocycles. The van der Waals surface area contributed by atoms with E-state index in [2.05, 4.69) is 0 Å². The summed E-state index contributed by atoms with van der Waals surface area (Å²) >= 11 is 0. The summed E-state index contributed by atoms with van der Waals surface area (Å²) in [5.41, 5.74) is 10.3. The van der Waals surface area contributed by atoms with E-state index < -0.39 is 17.7 Å². The highest BCUT2D eigenvalue weighted by Crippen LogP contribution is 2.22. The summed E-state index contributed by atoms with van der Waals surface area (Å²) in [4.78, 5) is 0. The Hall–Kier alpha value is -1.67. The van der Waals surface area contributed by atoms with Crippen LogP contribution >= 0.6 is 0 Å². The van der Waals surface area contributed by atoms with Crippen molar-refractivity contribution in [1.82, 2.24) is 0 Å². The highest BCUT2D eigenvalue weighted by molar-refractivity contribution is 5.43. The van der Waals surface area contributed by atoms with Crippen molar-refractivity contribution in [1.29, 1.82) is 5.26 Å². The molecule has 0 aliphatic rings. The fourth-order valence-corrected chi connectivity index (χ4v) is 1.07. The highest BCUT2D eigenvalue weighted by atomic mass is 19.1. The summed E-state index contributed by atoms with van der Waals surface area (Å²) in [7, 11) is 0. The Morgan fingerprint density at radius 1 is 1.36 bits per heavy atom. The van der Waals surface area contributed by atoms with Gasteiger partial charge in [-0.15, -0.1) is 0 Å². The molecule has 4 N–H and O–H groups in total. The third-order valence-electron chi connectivity index (χ3n) is 1.83. The third-order valence-corrected chi connectivity index (χ3v) is 1.83. The molecule has 0 unspecified atom stereocenters. The van der Waals surface area contributed by atoms with Crippen LogP contribution in [0.15, 0.2) is 12.1 Å². The van der Waals surface area contributed by atoms with Gasteiger partial charge in [0.15, 0.2) is 0 Å². The van der Waals surface area contributed by atoms with Crippen molar-refractivity contribution in [2.24, 2.45) is 5.73 Å². The van der Waals surface area contributed by atoms with Gasteiger partial charge in [-0.25, -0.2) is 8.78 Å². The van der Waals surface area contributed by atoms with Crippen molar-refractivity contribution in [2.45, 2.75) is 12.5 Å². The van der Waals surface area contributed by atoms with Crippen molar-refractivity contribution in [3.05, 3.63) is 29.3 Å². The molecule has 1 rings (SSSR count). The summed E-state index contributed by atoms with van der Waals surface area (Å²) < 4.78 is 26.1. The molecule has 74 valence electrons. The molecule has 0 aliphatic heterocycles. The SMILES string of the molecule is N#CC[C@@H](N)c1cc(F)c(N)cc1F. The minimum absolute atomic E-state index is 0.0294. The van der Waals surface area contributed by atoms with Gasteiger partial charge in [-0.05, 0) is 6.07 Å². The largest absolute Gasteiger partial charge is 0.396 e. The molecule has 0 heterocycles. The molecular weight excluding hydrogens is 188 g/mol. The maximum Gasteiger partial charge on any atom is 0.146 e. The average molecular weight is 197 g/mol. The van der Waals surface area contributed by atoms with Crippen LogP contribution in [-0.4, -0.2) is 0 Å². The summed E-state index contributed by atoms with van der Waals surface area (Å²) in [6.07, 6.45) is -0.0692. The van der Waals surface area contributed by atoms with Crippen LogP contribution < -0.4 is 11.5 Å². The molecule has 0 aromatic heterocycles. The lowest BCUT2D eigenvalue weighted by atomic mass is 10.0. The lowest BCUT2D eigenvalue weighted by Gasteiger charge is -2.10. The van der Waals surface area contributed by atoms with Crippen LogP contribution in [0.2, 0.25) is 0 Å². The molecule has 0 saturated heterocycles. The molecule has 0 bridgehead atoms. The molecular formula is C9H9F2N3. The number of nitriles is 1. The predicted molar refractivity (Wildman–Crippen MR) is 47.9 cm³/mol. The van der Waals surface area contributed by atoms with Gasteiger partial charge >= 0.3 is 0 Å². The van der Waals surface area contributed by atoms with Gasteiger partial charge in [0, 0.05) is 17.7 Å². The Balaban J connectivity index is 3.10. The number of nitrogens with two attached hydrogens (primary N) is 2. The molecule has 0 aliphatic carbocycles. The van der Waals surface area contributed by atoms with Gasteiger partial charge in [0.05, 0.1) is 18.2 Å². The summed E-state index contributed by atoms with van der Waals surface area (Å²) in [6, 6.07) is 2.74. The standard InChI is InChI=1S/C9H9F2N3/c10-6-4-9(14)7(11)3-5(6)8(13)1-2-12/h3-4,8H,1,13-14H2/t8-/m1/s1. The number of hydrogen-bond donors (Lipinski definition) is 2. The van der Waals surface area contributed by atoms with Crippen LogP contribution in [0.4, 0.5) is 14.5 Å². The Labute approximate surface area is 79.9 Å². The fraction of sp³-hybridized carbons (Fsp3) is 0.222. The monoisotopic (exact) mass is 197 g/mol. The van der Waals surface area contributed by atoms with E-state index in [1.165, 1.54) is 0 Å². The molecule has 0 saturated carbocycles. The zero-order valence-electron chi connectivity index (χ0n) is 7.30.